The maximum atomic E-state index is 9.44. The highest BCUT2D eigenvalue weighted by Crippen LogP contribution is 2.31. The first-order valence-corrected chi connectivity index (χ1v) is 26.2. The Balaban J connectivity index is 5.38. The first-order valence-electron chi connectivity index (χ1n) is 11.5. The topological polar surface area (TPSA) is 86.6 Å². The lowest BCUT2D eigenvalue weighted by Crippen LogP contribution is -2.60. The molecule has 0 heterocycles. The zero-order valence-electron chi connectivity index (χ0n) is 22.0. The van der Waals surface area contributed by atoms with Crippen LogP contribution in [0.2, 0.25) is 77.6 Å². The summed E-state index contributed by atoms with van der Waals surface area (Å²) >= 11 is 0. The summed E-state index contributed by atoms with van der Waals surface area (Å²) in [4.78, 5) is 0. The molecule has 0 amide bonds. The molecule has 2 N–H and O–H groups in total. The molecule has 0 aliphatic heterocycles. The highest BCUT2D eigenvalue weighted by atomic mass is 28.5. The average Bonchev–Trinajstić information content (AvgIpc) is 2.48. The van der Waals surface area contributed by atoms with E-state index in [1.807, 2.05) is 0 Å². The Morgan fingerprint density at radius 1 is 0.710 bits per heavy atom. The van der Waals surface area contributed by atoms with Gasteiger partial charge in [-0.25, -0.2) is 0 Å². The van der Waals surface area contributed by atoms with Gasteiger partial charge in [-0.05, 0) is 84.0 Å². The minimum Gasteiger partial charge on any atom is -0.437 e. The van der Waals surface area contributed by atoms with Crippen LogP contribution in [0.5, 0.6) is 0 Å². The fourth-order valence-electron chi connectivity index (χ4n) is 3.85. The van der Waals surface area contributed by atoms with E-state index in [1.165, 1.54) is 0 Å². The Bertz CT molecular complexity index is 513. The lowest BCUT2D eigenvalue weighted by Gasteiger charge is -2.44. The van der Waals surface area contributed by atoms with Crippen molar-refractivity contribution in [1.82, 2.24) is 0 Å². The Hall–Kier alpha value is 0.804. The summed E-state index contributed by atoms with van der Waals surface area (Å²) in [6, 6.07) is 1.72. The number of rotatable bonds is 17. The van der Waals surface area contributed by atoms with Crippen molar-refractivity contribution in [3.8, 4) is 0 Å². The van der Waals surface area contributed by atoms with Crippen LogP contribution < -0.4 is 0 Å². The molecular weight excluding hydrogens is 481 g/mol. The first-order chi connectivity index (χ1) is 13.8. The van der Waals surface area contributed by atoms with Crippen molar-refractivity contribution in [2.45, 2.75) is 103 Å². The lowest BCUT2D eigenvalue weighted by atomic mass is 10.4. The predicted molar refractivity (Wildman–Crippen MR) is 140 cm³/mol. The summed E-state index contributed by atoms with van der Waals surface area (Å²) in [5, 5.41) is 18.4. The Kier molecular flexibility index (Phi) is 13.4. The Morgan fingerprint density at radius 2 is 1.23 bits per heavy atom. The molecule has 188 valence electrons. The number of aliphatic hydroxyl groups excluding tert-OH is 2. The maximum absolute atomic E-state index is 9.44. The normalized spacial score (nSPS) is 18.5. The van der Waals surface area contributed by atoms with Crippen molar-refractivity contribution in [1.29, 1.82) is 0 Å². The van der Waals surface area contributed by atoms with Gasteiger partial charge in [0, 0.05) is 6.61 Å². The van der Waals surface area contributed by atoms with Crippen LogP contribution in [0.3, 0.4) is 0 Å². The van der Waals surface area contributed by atoms with Crippen LogP contribution >= 0.6 is 0 Å². The molecule has 0 rings (SSSR count). The van der Waals surface area contributed by atoms with Gasteiger partial charge in [0.1, 0.15) is 6.10 Å². The molecule has 7 nitrogen and oxygen atoms in total. The summed E-state index contributed by atoms with van der Waals surface area (Å²) in [6.07, 6.45) is 0.957. The number of hydrogen-bond donors (Lipinski definition) is 2. The summed E-state index contributed by atoms with van der Waals surface area (Å²) in [7, 11) is -10.9. The molecule has 31 heavy (non-hydrogen) atoms. The smallest absolute Gasteiger partial charge is 0.317 e. The van der Waals surface area contributed by atoms with Crippen LogP contribution in [0.15, 0.2) is 0 Å². The van der Waals surface area contributed by atoms with Gasteiger partial charge in [0.05, 0.1) is 13.2 Å². The fraction of sp³-hybridized carbons (Fsp3) is 1.00. The van der Waals surface area contributed by atoms with Crippen LogP contribution in [0.4, 0.5) is 0 Å². The third kappa shape index (κ3) is 16.1. The van der Waals surface area contributed by atoms with Crippen molar-refractivity contribution in [3.05, 3.63) is 0 Å². The van der Waals surface area contributed by atoms with Gasteiger partial charge < -0.3 is 31.4 Å². The molecule has 0 bridgehead atoms. The molecule has 0 aliphatic rings. The molecule has 0 aromatic heterocycles. The van der Waals surface area contributed by atoms with Crippen LogP contribution in [-0.2, 0) is 21.2 Å². The highest BCUT2D eigenvalue weighted by Gasteiger charge is 2.48. The molecule has 12 heteroatoms. The van der Waals surface area contributed by atoms with Crippen molar-refractivity contribution >= 4 is 42.3 Å². The van der Waals surface area contributed by atoms with E-state index in [-0.39, 0.29) is 13.2 Å². The summed E-state index contributed by atoms with van der Waals surface area (Å²) < 4.78 is 32.4. The van der Waals surface area contributed by atoms with Crippen molar-refractivity contribution in [2.24, 2.45) is 0 Å². The van der Waals surface area contributed by atoms with E-state index in [0.29, 0.717) is 6.61 Å². The van der Waals surface area contributed by atoms with Gasteiger partial charge in [0.25, 0.3) is 0 Å². The van der Waals surface area contributed by atoms with Crippen molar-refractivity contribution < 1.29 is 31.4 Å². The van der Waals surface area contributed by atoms with Gasteiger partial charge in [-0.2, -0.15) is 0 Å². The molecule has 0 fully saturated rings. The van der Waals surface area contributed by atoms with E-state index >= 15 is 0 Å². The number of aliphatic hydroxyl groups is 2. The zero-order chi connectivity index (χ0) is 24.6. The quantitative estimate of drug-likeness (QED) is 0.207. The molecule has 0 saturated carbocycles. The third-order valence-electron chi connectivity index (χ3n) is 4.11. The molecule has 0 saturated heterocycles. The standard InChI is InChI=1S/C19H50O7Si5/c1-12-15-30(10,25-29(8,9)23-27(2,3)4)26-31(11,24-28(5,6)7)16-13-14-22-18-19(21)17-20/h19-21H,12-18H2,1-11H3. The Labute approximate surface area is 196 Å². The van der Waals surface area contributed by atoms with Crippen molar-refractivity contribution in [2.75, 3.05) is 19.8 Å². The second kappa shape index (κ2) is 13.0. The second-order valence-corrected chi connectivity index (χ2v) is 31.1. The van der Waals surface area contributed by atoms with E-state index in [4.69, 9.17) is 26.3 Å². The van der Waals surface area contributed by atoms with E-state index < -0.39 is 48.4 Å². The van der Waals surface area contributed by atoms with E-state index in [0.717, 1.165) is 24.9 Å². The molecule has 0 aromatic carbocycles. The molecule has 0 spiro atoms. The molecule has 0 aliphatic carbocycles. The molecule has 0 aromatic rings. The SMILES string of the molecule is CCC[Si](C)(O[Si](C)(C)O[Si](C)(C)C)O[Si](C)(CCCOCC(O)CO)O[Si](C)(C)C. The van der Waals surface area contributed by atoms with Crippen LogP contribution in [0.25, 0.3) is 0 Å². The monoisotopic (exact) mass is 530 g/mol. The predicted octanol–water partition coefficient (Wildman–Crippen LogP) is 4.74. The van der Waals surface area contributed by atoms with Crippen LogP contribution in [0, 0.1) is 0 Å². The molecular formula is C19H50O7Si5. The Morgan fingerprint density at radius 3 is 1.68 bits per heavy atom. The summed E-state index contributed by atoms with van der Waals surface area (Å²) in [5.41, 5.74) is 0. The minimum atomic E-state index is -2.52. The van der Waals surface area contributed by atoms with Gasteiger partial charge in [-0.15, -0.1) is 0 Å². The zero-order valence-corrected chi connectivity index (χ0v) is 27.0. The van der Waals surface area contributed by atoms with E-state index in [9.17, 15) is 5.11 Å². The van der Waals surface area contributed by atoms with Gasteiger partial charge in [0.15, 0.2) is 16.6 Å². The average molecular weight is 531 g/mol. The summed E-state index contributed by atoms with van der Waals surface area (Å²) in [5.74, 6) is 0. The van der Waals surface area contributed by atoms with Gasteiger partial charge in [-0.1, -0.05) is 13.3 Å². The third-order valence-corrected chi connectivity index (χ3v) is 22.5. The minimum absolute atomic E-state index is 0.143. The lowest BCUT2D eigenvalue weighted by molar-refractivity contribution is 0.00623. The van der Waals surface area contributed by atoms with E-state index in [2.05, 4.69) is 72.4 Å². The van der Waals surface area contributed by atoms with E-state index in [1.54, 1.807) is 0 Å². The van der Waals surface area contributed by atoms with Crippen molar-refractivity contribution in [3.63, 3.8) is 0 Å². The summed E-state index contributed by atoms with van der Waals surface area (Å²) in [6.45, 7) is 24.3. The first kappa shape index (κ1) is 31.8. The molecule has 0 radical (unpaired) electrons. The highest BCUT2D eigenvalue weighted by molar-refractivity contribution is 6.90. The van der Waals surface area contributed by atoms with Gasteiger partial charge in [0.2, 0.25) is 0 Å². The van der Waals surface area contributed by atoms with Crippen LogP contribution in [0.1, 0.15) is 19.8 Å². The maximum Gasteiger partial charge on any atom is 0.317 e. The molecule has 3 unspecified atom stereocenters. The number of hydrogen-bond acceptors (Lipinski definition) is 7. The van der Waals surface area contributed by atoms with Crippen LogP contribution in [-0.4, -0.2) is 78.5 Å². The van der Waals surface area contributed by atoms with Gasteiger partial charge in [-0.3, -0.25) is 0 Å². The number of ether oxygens (including phenoxy) is 1. The van der Waals surface area contributed by atoms with Gasteiger partial charge >= 0.3 is 25.7 Å². The fourth-order valence-corrected chi connectivity index (χ4v) is 27.7. The second-order valence-electron chi connectivity index (χ2n) is 11.1. The largest absolute Gasteiger partial charge is 0.437 e. The molecule has 3 atom stereocenters.